The number of benzene rings is 1. The standard InChI is InChI=1S/C33H39N8O3/c1-21(14-41-23(3)11-22(2)36-41)29-35-28(37-44-29)27-17-38(18-33(27)19-39(20-33)31(43)26-12-32(26,4)5)30(42)25-13-34-40(16-25)15-24-9-7-6-8-10-24/h6-11,13-14,16,21,26-27H,12,15,17-20H2,1-5H3/q+1/b41-14+/t21?,26-,27?/m1/s1. The number of rotatable bonds is 7. The third-order valence-electron chi connectivity index (χ3n) is 9.71. The minimum Gasteiger partial charge on any atom is -0.341 e. The van der Waals surface area contributed by atoms with Crippen LogP contribution in [0, 0.1) is 16.7 Å². The van der Waals surface area contributed by atoms with Crippen LogP contribution < -0.4 is 0 Å². The van der Waals surface area contributed by atoms with Gasteiger partial charge in [0.1, 0.15) is 11.6 Å². The molecule has 0 bridgehead atoms. The van der Waals surface area contributed by atoms with Gasteiger partial charge in [0, 0.05) is 61.8 Å². The van der Waals surface area contributed by atoms with Gasteiger partial charge in [0.15, 0.2) is 12.0 Å². The average molecular weight is 596 g/mol. The maximum absolute atomic E-state index is 13.8. The largest absolute Gasteiger partial charge is 0.341 e. The first-order valence-electron chi connectivity index (χ1n) is 15.4. The Balaban J connectivity index is 1.11. The van der Waals surface area contributed by atoms with E-state index in [1.807, 2.05) is 84.1 Å². The lowest BCUT2D eigenvalue weighted by Crippen LogP contribution is -2.62. The van der Waals surface area contributed by atoms with Gasteiger partial charge in [-0.25, -0.2) is 0 Å². The van der Waals surface area contributed by atoms with Gasteiger partial charge in [0.2, 0.25) is 17.5 Å². The topological polar surface area (TPSA) is 113 Å². The van der Waals surface area contributed by atoms with E-state index in [0.717, 1.165) is 23.4 Å². The fourth-order valence-corrected chi connectivity index (χ4v) is 6.94. The molecule has 11 nitrogen and oxygen atoms in total. The van der Waals surface area contributed by atoms with Crippen LogP contribution in [0.1, 0.15) is 80.5 Å². The first-order valence-corrected chi connectivity index (χ1v) is 15.4. The Morgan fingerprint density at radius 2 is 1.86 bits per heavy atom. The van der Waals surface area contributed by atoms with Gasteiger partial charge in [-0.1, -0.05) is 54.0 Å². The molecule has 1 saturated carbocycles. The number of hydrogen-bond donors (Lipinski definition) is 0. The maximum Gasteiger partial charge on any atom is 0.257 e. The monoisotopic (exact) mass is 595 g/mol. The maximum atomic E-state index is 13.8. The van der Waals surface area contributed by atoms with E-state index in [1.54, 1.807) is 10.9 Å². The summed E-state index contributed by atoms with van der Waals surface area (Å²) in [5.74, 6) is 0.999. The molecule has 0 radical (unpaired) electrons. The molecule has 4 aliphatic rings. The highest BCUT2D eigenvalue weighted by Gasteiger charge is 2.61. The predicted octanol–water partition coefficient (Wildman–Crippen LogP) is 3.91. The lowest BCUT2D eigenvalue weighted by Gasteiger charge is -2.50. The van der Waals surface area contributed by atoms with Gasteiger partial charge in [0.25, 0.3) is 5.91 Å². The molecule has 1 aliphatic carbocycles. The van der Waals surface area contributed by atoms with Gasteiger partial charge in [-0.15, -0.1) is 0 Å². The van der Waals surface area contributed by atoms with Crippen molar-refractivity contribution >= 4 is 23.7 Å². The Bertz CT molecular complexity index is 1710. The first kappa shape index (κ1) is 28.4. The highest BCUT2D eigenvalue weighted by Crippen LogP contribution is 2.55. The van der Waals surface area contributed by atoms with Gasteiger partial charge in [-0.2, -0.15) is 10.1 Å². The zero-order valence-electron chi connectivity index (χ0n) is 26.0. The van der Waals surface area contributed by atoms with Crippen molar-refractivity contribution in [2.24, 2.45) is 21.8 Å². The summed E-state index contributed by atoms with van der Waals surface area (Å²) in [6, 6.07) is 10.0. The quantitative estimate of drug-likeness (QED) is 0.383. The lowest BCUT2D eigenvalue weighted by atomic mass is 9.71. The zero-order valence-corrected chi connectivity index (χ0v) is 26.0. The zero-order chi connectivity index (χ0) is 30.8. The first-order chi connectivity index (χ1) is 21.0. The van der Waals surface area contributed by atoms with Crippen LogP contribution in [0.15, 0.2) is 64.1 Å². The Hall–Kier alpha value is -4.41. The molecule has 1 spiro atoms. The van der Waals surface area contributed by atoms with Crippen LogP contribution in [-0.4, -0.2) is 84.3 Å². The minimum atomic E-state index is -0.325. The summed E-state index contributed by atoms with van der Waals surface area (Å²) in [7, 11) is 0. The summed E-state index contributed by atoms with van der Waals surface area (Å²) in [4.78, 5) is 35.7. The molecule has 3 aromatic rings. The van der Waals surface area contributed by atoms with E-state index in [0.29, 0.717) is 50.0 Å². The highest BCUT2D eigenvalue weighted by molar-refractivity contribution is 5.94. The molecular weight excluding hydrogens is 556 g/mol. The molecule has 7 rings (SSSR count). The van der Waals surface area contributed by atoms with E-state index in [-0.39, 0.29) is 40.4 Å². The number of likely N-dealkylation sites (tertiary alicyclic amines) is 2. The van der Waals surface area contributed by atoms with Crippen molar-refractivity contribution in [2.45, 2.75) is 59.4 Å². The molecule has 2 amide bonds. The van der Waals surface area contributed by atoms with Gasteiger partial charge < -0.3 is 14.3 Å². The number of hydrazone groups is 1. The van der Waals surface area contributed by atoms with Gasteiger partial charge >= 0.3 is 0 Å². The smallest absolute Gasteiger partial charge is 0.257 e. The average Bonchev–Trinajstić information content (AvgIpc) is 3.54. The van der Waals surface area contributed by atoms with Crippen LogP contribution >= 0.6 is 0 Å². The van der Waals surface area contributed by atoms with Crippen LogP contribution in [0.25, 0.3) is 0 Å². The number of hydrogen-bond acceptors (Lipinski definition) is 7. The van der Waals surface area contributed by atoms with Crippen molar-refractivity contribution in [3.8, 4) is 0 Å². The van der Waals surface area contributed by atoms with Crippen molar-refractivity contribution in [1.29, 1.82) is 0 Å². The summed E-state index contributed by atoms with van der Waals surface area (Å²) in [6.07, 6.45) is 8.36. The Morgan fingerprint density at radius 1 is 1.14 bits per heavy atom. The Kier molecular flexibility index (Phi) is 6.67. The molecule has 0 N–H and O–H groups in total. The minimum absolute atomic E-state index is 0.0670. The van der Waals surface area contributed by atoms with Crippen LogP contribution in [0.5, 0.6) is 0 Å². The van der Waals surface area contributed by atoms with Crippen LogP contribution in [0.4, 0.5) is 0 Å². The third-order valence-corrected chi connectivity index (χ3v) is 9.71. The summed E-state index contributed by atoms with van der Waals surface area (Å²) < 4.78 is 9.41. The number of carbonyl (C=O) groups is 2. The summed E-state index contributed by atoms with van der Waals surface area (Å²) in [6.45, 7) is 13.0. The molecule has 5 heterocycles. The summed E-state index contributed by atoms with van der Waals surface area (Å²) in [5, 5.41) is 13.4. The lowest BCUT2D eigenvalue weighted by molar-refractivity contribution is -0.474. The molecule has 3 aliphatic heterocycles. The SMILES string of the molecule is CC1=CC(C)=N/[N+]1=C/C(C)c1nc(C2CN(C(=O)c3cnn(Cc4ccccc4)c3)CC23CN(C(=O)[C@H]2CC2(C)C)C3)no1. The van der Waals surface area contributed by atoms with E-state index >= 15 is 0 Å². The Labute approximate surface area is 256 Å². The molecule has 2 aromatic heterocycles. The molecule has 44 heavy (non-hydrogen) atoms. The number of allylic oxidation sites excluding steroid dienone is 2. The second-order valence-electron chi connectivity index (χ2n) is 13.8. The molecule has 1 aromatic carbocycles. The van der Waals surface area contributed by atoms with Gasteiger partial charge in [0.05, 0.1) is 24.2 Å². The summed E-state index contributed by atoms with van der Waals surface area (Å²) >= 11 is 0. The van der Waals surface area contributed by atoms with Crippen molar-refractivity contribution in [3.63, 3.8) is 0 Å². The van der Waals surface area contributed by atoms with Crippen LogP contribution in [-0.2, 0) is 11.3 Å². The second-order valence-corrected chi connectivity index (χ2v) is 13.8. The van der Waals surface area contributed by atoms with Crippen molar-refractivity contribution < 1.29 is 18.8 Å². The third kappa shape index (κ3) is 5.07. The second kappa shape index (κ2) is 10.3. The molecule has 228 valence electrons. The van der Waals surface area contributed by atoms with E-state index in [9.17, 15) is 9.59 Å². The number of carbonyl (C=O) groups excluding carboxylic acids is 2. The fourth-order valence-electron chi connectivity index (χ4n) is 6.94. The van der Waals surface area contributed by atoms with E-state index in [1.165, 1.54) is 0 Å². The molecule has 3 fully saturated rings. The van der Waals surface area contributed by atoms with Crippen molar-refractivity contribution in [3.05, 3.63) is 77.3 Å². The van der Waals surface area contributed by atoms with E-state index in [2.05, 4.69) is 29.2 Å². The van der Waals surface area contributed by atoms with Gasteiger partial charge in [-0.3, -0.25) is 14.3 Å². The Morgan fingerprint density at radius 3 is 2.55 bits per heavy atom. The normalized spacial score (nSPS) is 24.8. The van der Waals surface area contributed by atoms with Crippen molar-refractivity contribution in [2.75, 3.05) is 26.2 Å². The number of nitrogens with zero attached hydrogens (tertiary/aromatic N) is 8. The molecule has 2 saturated heterocycles. The van der Waals surface area contributed by atoms with E-state index in [4.69, 9.17) is 9.51 Å². The van der Waals surface area contributed by atoms with Crippen LogP contribution in [0.2, 0.25) is 0 Å². The highest BCUT2D eigenvalue weighted by atomic mass is 16.5. The van der Waals surface area contributed by atoms with Gasteiger partial charge in [-0.05, 0) is 31.2 Å². The molecule has 11 heteroatoms. The predicted molar refractivity (Wildman–Crippen MR) is 163 cm³/mol. The molecular formula is C33H39N8O3+. The summed E-state index contributed by atoms with van der Waals surface area (Å²) in [5.41, 5.74) is 3.38. The fraction of sp³-hybridized carbons (Fsp3) is 0.485. The van der Waals surface area contributed by atoms with Crippen molar-refractivity contribution in [1.82, 2.24) is 29.7 Å². The molecule has 2 unspecified atom stereocenters. The van der Waals surface area contributed by atoms with Crippen LogP contribution in [0.3, 0.4) is 0 Å². The molecule has 3 atom stereocenters. The number of aromatic nitrogens is 4. The number of amides is 2. The van der Waals surface area contributed by atoms with E-state index < -0.39 is 0 Å².